The first-order valence-corrected chi connectivity index (χ1v) is 11.7. The molecule has 0 heterocycles. The molecule has 2 aromatic rings. The van der Waals surface area contributed by atoms with Crippen LogP contribution in [0.25, 0.3) is 10.4 Å². The van der Waals surface area contributed by atoms with Crippen molar-refractivity contribution in [3.8, 4) is 0 Å². The standard InChI is InChI=1S/C22H29N3O3Si/c1-17(20(21(26)27)24-25-23)15-16-28-29(22(2,3)4,18-11-7-5-8-12-18)19-13-9-6-10-14-19/h5-14,17,20H,15-16H2,1-4H3,(H,26,27)/t17-,20-/m1/s1. The molecule has 1 N–H and O–H groups in total. The number of hydrogen-bond donors (Lipinski definition) is 1. The summed E-state index contributed by atoms with van der Waals surface area (Å²) in [5.41, 5.74) is 8.66. The largest absolute Gasteiger partial charge is 0.481 e. The lowest BCUT2D eigenvalue weighted by Crippen LogP contribution is -2.66. The van der Waals surface area contributed by atoms with Gasteiger partial charge in [0.25, 0.3) is 8.32 Å². The van der Waals surface area contributed by atoms with Gasteiger partial charge in [0.2, 0.25) is 0 Å². The van der Waals surface area contributed by atoms with Crippen LogP contribution in [0.3, 0.4) is 0 Å². The Morgan fingerprint density at radius 1 is 1.10 bits per heavy atom. The average molecular weight is 412 g/mol. The molecule has 29 heavy (non-hydrogen) atoms. The first kappa shape index (κ1) is 22.7. The molecule has 0 saturated carbocycles. The fraction of sp³-hybridized carbons (Fsp3) is 0.409. The minimum atomic E-state index is -2.65. The molecule has 0 radical (unpaired) electrons. The summed E-state index contributed by atoms with van der Waals surface area (Å²) in [4.78, 5) is 14.1. The summed E-state index contributed by atoms with van der Waals surface area (Å²) in [5, 5.41) is 15.0. The molecule has 2 aromatic carbocycles. The van der Waals surface area contributed by atoms with Crippen LogP contribution in [0.5, 0.6) is 0 Å². The van der Waals surface area contributed by atoms with Gasteiger partial charge in [-0.3, -0.25) is 4.79 Å². The minimum absolute atomic E-state index is 0.143. The van der Waals surface area contributed by atoms with Gasteiger partial charge >= 0.3 is 5.97 Å². The summed E-state index contributed by atoms with van der Waals surface area (Å²) >= 11 is 0. The van der Waals surface area contributed by atoms with Crippen molar-refractivity contribution in [2.75, 3.05) is 6.61 Å². The van der Waals surface area contributed by atoms with E-state index in [1.165, 1.54) is 10.4 Å². The topological polar surface area (TPSA) is 95.3 Å². The summed E-state index contributed by atoms with van der Waals surface area (Å²) in [6.45, 7) is 8.76. The van der Waals surface area contributed by atoms with E-state index in [9.17, 15) is 9.90 Å². The van der Waals surface area contributed by atoms with Gasteiger partial charge in [0.1, 0.15) is 6.04 Å². The lowest BCUT2D eigenvalue weighted by molar-refractivity contribution is -0.139. The number of carbonyl (C=O) groups is 1. The highest BCUT2D eigenvalue weighted by Gasteiger charge is 2.50. The summed E-state index contributed by atoms with van der Waals surface area (Å²) in [6.07, 6.45) is 0.487. The van der Waals surface area contributed by atoms with Crippen LogP contribution in [0.1, 0.15) is 34.1 Å². The van der Waals surface area contributed by atoms with E-state index in [2.05, 4.69) is 55.1 Å². The van der Waals surface area contributed by atoms with Crippen molar-refractivity contribution in [1.82, 2.24) is 0 Å². The maximum Gasteiger partial charge on any atom is 0.312 e. The molecule has 0 aliphatic heterocycles. The molecule has 0 aromatic heterocycles. The summed E-state index contributed by atoms with van der Waals surface area (Å²) < 4.78 is 6.76. The van der Waals surface area contributed by atoms with E-state index < -0.39 is 20.3 Å². The third kappa shape index (κ3) is 5.06. The van der Waals surface area contributed by atoms with Crippen molar-refractivity contribution in [2.45, 2.75) is 45.2 Å². The van der Waals surface area contributed by atoms with Crippen LogP contribution in [0, 0.1) is 5.92 Å². The van der Waals surface area contributed by atoms with Gasteiger partial charge in [-0.15, -0.1) is 0 Å². The predicted octanol–water partition coefficient (Wildman–Crippen LogP) is 4.35. The zero-order valence-corrected chi connectivity index (χ0v) is 18.4. The molecule has 0 unspecified atom stereocenters. The molecule has 0 amide bonds. The SMILES string of the molecule is C[C@H](CCO[Si](c1ccccc1)(c1ccccc1)C(C)(C)C)[C@@H](N=[N+]=[N-])C(=O)O. The smallest absolute Gasteiger partial charge is 0.312 e. The van der Waals surface area contributed by atoms with Crippen LogP contribution in [0.2, 0.25) is 5.04 Å². The Hall–Kier alpha value is -2.60. The average Bonchev–Trinajstić information content (AvgIpc) is 2.69. The first-order chi connectivity index (χ1) is 13.7. The Balaban J connectivity index is 2.39. The maximum absolute atomic E-state index is 11.4. The molecular weight excluding hydrogens is 382 g/mol. The molecule has 6 nitrogen and oxygen atoms in total. The van der Waals surface area contributed by atoms with E-state index in [0.29, 0.717) is 13.0 Å². The summed E-state index contributed by atoms with van der Waals surface area (Å²) in [7, 11) is -2.65. The Morgan fingerprint density at radius 3 is 1.97 bits per heavy atom. The van der Waals surface area contributed by atoms with Gasteiger partial charge in [-0.1, -0.05) is 93.5 Å². The second kappa shape index (κ2) is 9.74. The highest BCUT2D eigenvalue weighted by atomic mass is 28.4. The Kier molecular flexibility index (Phi) is 7.62. The molecule has 0 saturated heterocycles. The lowest BCUT2D eigenvalue weighted by Gasteiger charge is -2.43. The van der Waals surface area contributed by atoms with Crippen LogP contribution >= 0.6 is 0 Å². The lowest BCUT2D eigenvalue weighted by atomic mass is 10.00. The van der Waals surface area contributed by atoms with E-state index >= 15 is 0 Å². The van der Waals surface area contributed by atoms with E-state index in [1.807, 2.05) is 36.4 Å². The van der Waals surface area contributed by atoms with Gasteiger partial charge in [0, 0.05) is 11.5 Å². The Labute approximate surface area is 173 Å². The quantitative estimate of drug-likeness (QED) is 0.287. The fourth-order valence-electron chi connectivity index (χ4n) is 3.78. The van der Waals surface area contributed by atoms with Crippen LogP contribution < -0.4 is 10.4 Å². The predicted molar refractivity (Wildman–Crippen MR) is 118 cm³/mol. The van der Waals surface area contributed by atoms with Crippen molar-refractivity contribution in [3.63, 3.8) is 0 Å². The highest BCUT2D eigenvalue weighted by Crippen LogP contribution is 2.37. The molecule has 0 spiro atoms. The zero-order valence-electron chi connectivity index (χ0n) is 17.4. The van der Waals surface area contributed by atoms with Gasteiger partial charge in [-0.05, 0) is 33.3 Å². The number of carboxylic acids is 1. The molecule has 0 aliphatic rings. The molecule has 2 rings (SSSR count). The number of azide groups is 1. The molecule has 0 bridgehead atoms. The van der Waals surface area contributed by atoms with Gasteiger partial charge in [-0.25, -0.2) is 0 Å². The maximum atomic E-state index is 11.4. The van der Waals surface area contributed by atoms with Crippen LogP contribution in [0.4, 0.5) is 0 Å². The summed E-state index contributed by atoms with van der Waals surface area (Å²) in [5.74, 6) is -1.44. The molecule has 154 valence electrons. The molecular formula is C22H29N3O3Si. The molecule has 7 heteroatoms. The van der Waals surface area contributed by atoms with E-state index in [4.69, 9.17) is 9.96 Å². The normalized spacial score (nSPS) is 13.9. The number of benzene rings is 2. The van der Waals surface area contributed by atoms with Crippen LogP contribution in [0.15, 0.2) is 65.8 Å². The van der Waals surface area contributed by atoms with E-state index in [1.54, 1.807) is 6.92 Å². The van der Waals surface area contributed by atoms with Gasteiger partial charge in [-0.2, -0.15) is 0 Å². The second-order valence-corrected chi connectivity index (χ2v) is 12.6. The second-order valence-electron chi connectivity index (χ2n) is 8.27. The number of carboxylic acid groups (broad SMARTS) is 1. The number of aliphatic carboxylic acids is 1. The van der Waals surface area contributed by atoms with Crippen molar-refractivity contribution in [3.05, 3.63) is 71.1 Å². The van der Waals surface area contributed by atoms with Crippen LogP contribution in [-0.4, -0.2) is 32.0 Å². The number of rotatable bonds is 9. The third-order valence-electron chi connectivity index (χ3n) is 5.28. The van der Waals surface area contributed by atoms with E-state index in [0.717, 1.165) is 0 Å². The number of nitrogens with zero attached hydrogens (tertiary/aromatic N) is 3. The van der Waals surface area contributed by atoms with E-state index in [-0.39, 0.29) is 11.0 Å². The van der Waals surface area contributed by atoms with Gasteiger partial charge in [0.15, 0.2) is 0 Å². The van der Waals surface area contributed by atoms with Gasteiger partial charge < -0.3 is 9.53 Å². The van der Waals surface area contributed by atoms with Gasteiger partial charge in [0.05, 0.1) is 0 Å². The number of hydrogen-bond acceptors (Lipinski definition) is 3. The fourth-order valence-corrected chi connectivity index (χ4v) is 8.36. The molecule has 2 atom stereocenters. The zero-order chi connectivity index (χ0) is 21.5. The third-order valence-corrected chi connectivity index (χ3v) is 10.3. The summed E-state index contributed by atoms with van der Waals surface area (Å²) in [6, 6.07) is 19.5. The first-order valence-electron chi connectivity index (χ1n) is 9.76. The van der Waals surface area contributed by atoms with Crippen molar-refractivity contribution in [2.24, 2.45) is 11.0 Å². The monoisotopic (exact) mass is 411 g/mol. The Bertz CT molecular complexity index is 805. The van der Waals surface area contributed by atoms with Crippen molar-refractivity contribution < 1.29 is 14.3 Å². The molecule has 0 aliphatic carbocycles. The Morgan fingerprint density at radius 2 is 1.59 bits per heavy atom. The minimum Gasteiger partial charge on any atom is -0.481 e. The van der Waals surface area contributed by atoms with Crippen molar-refractivity contribution >= 4 is 24.7 Å². The van der Waals surface area contributed by atoms with Crippen LogP contribution in [-0.2, 0) is 9.22 Å². The molecule has 0 fully saturated rings. The van der Waals surface area contributed by atoms with Crippen molar-refractivity contribution in [1.29, 1.82) is 0 Å². The highest BCUT2D eigenvalue weighted by molar-refractivity contribution is 6.99.